The number of aliphatic hydroxyl groups is 1. The molecule has 1 aromatic rings. The monoisotopic (exact) mass is 343 g/mol. The highest BCUT2D eigenvalue weighted by Crippen LogP contribution is 2.50. The van der Waals surface area contributed by atoms with Crippen LogP contribution in [0.15, 0.2) is 23.8 Å². The lowest BCUT2D eigenvalue weighted by Crippen LogP contribution is -2.50. The predicted molar refractivity (Wildman–Crippen MR) is 87.7 cm³/mol. The Hall–Kier alpha value is -1.60. The molecule has 2 fully saturated rings. The number of nitrogens with zero attached hydrogens (tertiary/aromatic N) is 1. The van der Waals surface area contributed by atoms with Crippen LogP contribution in [0.4, 0.5) is 0 Å². The molecule has 25 heavy (non-hydrogen) atoms. The third-order valence-electron chi connectivity index (χ3n) is 6.13. The first-order chi connectivity index (χ1) is 12.3. The van der Waals surface area contributed by atoms with Crippen LogP contribution in [0.25, 0.3) is 0 Å². The summed E-state index contributed by atoms with van der Waals surface area (Å²) in [4.78, 5) is 2.48. The van der Waals surface area contributed by atoms with Gasteiger partial charge in [-0.3, -0.25) is 4.90 Å². The van der Waals surface area contributed by atoms with Crippen molar-refractivity contribution >= 4 is 0 Å². The second kappa shape index (κ2) is 5.20. The van der Waals surface area contributed by atoms with E-state index in [9.17, 15) is 5.11 Å². The molecule has 0 aromatic heterocycles. The molecule has 2 saturated heterocycles. The highest BCUT2D eigenvalue weighted by molar-refractivity contribution is 5.53. The number of ether oxygens (including phenoxy) is 4. The Bertz CT molecular complexity index is 758. The largest absolute Gasteiger partial charge is 0.454 e. The summed E-state index contributed by atoms with van der Waals surface area (Å²) >= 11 is 0. The Morgan fingerprint density at radius 3 is 2.92 bits per heavy atom. The van der Waals surface area contributed by atoms with E-state index < -0.39 is 6.10 Å². The van der Waals surface area contributed by atoms with Crippen LogP contribution in [0.5, 0.6) is 11.5 Å². The van der Waals surface area contributed by atoms with Crippen LogP contribution in [-0.4, -0.2) is 60.9 Å². The fourth-order valence-corrected chi connectivity index (χ4v) is 4.86. The number of epoxide rings is 1. The molecule has 6 heteroatoms. The maximum absolute atomic E-state index is 11.1. The average molecular weight is 343 g/mol. The third-order valence-corrected chi connectivity index (χ3v) is 6.13. The van der Waals surface area contributed by atoms with Crippen molar-refractivity contribution in [2.45, 2.75) is 43.2 Å². The Kier molecular flexibility index (Phi) is 3.03. The molecule has 5 aliphatic rings. The maximum Gasteiger partial charge on any atom is 0.231 e. The molecular weight excluding hydrogens is 322 g/mol. The summed E-state index contributed by atoms with van der Waals surface area (Å²) in [6.45, 7) is 3.54. The van der Waals surface area contributed by atoms with Crippen molar-refractivity contribution in [3.63, 3.8) is 0 Å². The van der Waals surface area contributed by atoms with Gasteiger partial charge < -0.3 is 24.1 Å². The van der Waals surface area contributed by atoms with Crippen LogP contribution in [0, 0.1) is 0 Å². The topological polar surface area (TPSA) is 63.7 Å². The van der Waals surface area contributed by atoms with Crippen molar-refractivity contribution in [3.8, 4) is 11.5 Å². The first-order valence-corrected chi connectivity index (χ1v) is 9.06. The van der Waals surface area contributed by atoms with Gasteiger partial charge in [0.05, 0.1) is 19.3 Å². The quantitative estimate of drug-likeness (QED) is 0.657. The molecular formula is C19H21NO5. The van der Waals surface area contributed by atoms with Crippen molar-refractivity contribution in [2.75, 3.05) is 26.6 Å². The van der Waals surface area contributed by atoms with Gasteiger partial charge in [-0.2, -0.15) is 0 Å². The van der Waals surface area contributed by atoms with Gasteiger partial charge in [0, 0.05) is 25.0 Å². The molecule has 4 aliphatic heterocycles. The van der Waals surface area contributed by atoms with Crippen molar-refractivity contribution in [1.29, 1.82) is 0 Å². The van der Waals surface area contributed by atoms with Crippen molar-refractivity contribution in [3.05, 3.63) is 34.9 Å². The third kappa shape index (κ3) is 2.18. The maximum atomic E-state index is 11.1. The zero-order valence-corrected chi connectivity index (χ0v) is 13.9. The fraction of sp³-hybridized carbons (Fsp3) is 0.579. The second-order valence-corrected chi connectivity index (χ2v) is 7.58. The number of hydrogen-bond acceptors (Lipinski definition) is 6. The van der Waals surface area contributed by atoms with Crippen LogP contribution in [0.3, 0.4) is 0 Å². The van der Waals surface area contributed by atoms with Gasteiger partial charge in [0.2, 0.25) is 6.79 Å². The molecule has 0 bridgehead atoms. The van der Waals surface area contributed by atoms with Crippen molar-refractivity contribution < 1.29 is 24.1 Å². The van der Waals surface area contributed by atoms with Gasteiger partial charge in [-0.1, -0.05) is 11.6 Å². The van der Waals surface area contributed by atoms with Crippen LogP contribution in [0.1, 0.15) is 23.5 Å². The highest BCUT2D eigenvalue weighted by Gasteiger charge is 2.49. The Labute approximate surface area is 145 Å². The van der Waals surface area contributed by atoms with Gasteiger partial charge in [-0.05, 0) is 29.7 Å². The van der Waals surface area contributed by atoms with E-state index in [2.05, 4.69) is 23.1 Å². The number of hydrogen-bond donors (Lipinski definition) is 1. The zero-order chi connectivity index (χ0) is 16.5. The molecule has 0 saturated carbocycles. The number of rotatable bonds is 3. The van der Waals surface area contributed by atoms with Gasteiger partial charge in [-0.25, -0.2) is 0 Å². The number of fused-ring (bicyclic) bond motifs is 3. The van der Waals surface area contributed by atoms with E-state index in [4.69, 9.17) is 18.9 Å². The lowest BCUT2D eigenvalue weighted by Gasteiger charge is -2.45. The number of benzene rings is 1. The van der Waals surface area contributed by atoms with Gasteiger partial charge in [0.15, 0.2) is 11.5 Å². The molecule has 5 atom stereocenters. The molecule has 0 unspecified atom stereocenters. The summed E-state index contributed by atoms with van der Waals surface area (Å²) in [5.74, 6) is 1.62. The highest BCUT2D eigenvalue weighted by atomic mass is 16.7. The van der Waals surface area contributed by atoms with Crippen LogP contribution in [0.2, 0.25) is 0 Å². The summed E-state index contributed by atoms with van der Waals surface area (Å²) in [7, 11) is 0. The fourth-order valence-electron chi connectivity index (χ4n) is 4.86. The first-order valence-electron chi connectivity index (χ1n) is 9.06. The lowest BCUT2D eigenvalue weighted by molar-refractivity contribution is -0.0459. The SMILES string of the molecule is O[C@H]1[C@H]2c3cc4c(cc3CN3CCC(=C[C@@H]1OC[C@@H]1CO1)[C@H]23)OCO4. The standard InChI is InChI=1S/C19H21NO5/c21-19-16(23-8-12-7-22-12)3-10-1-2-20-6-11-4-14-15(25-9-24-14)5-13(11)17(19)18(10)20/h3-5,12,16-19,21H,1-2,6-9H2/t12-,16-,17-,18+,19+/m0/s1. The van der Waals surface area contributed by atoms with E-state index in [1.165, 1.54) is 16.7 Å². The van der Waals surface area contributed by atoms with Crippen LogP contribution < -0.4 is 9.47 Å². The second-order valence-electron chi connectivity index (χ2n) is 7.58. The summed E-state index contributed by atoms with van der Waals surface area (Å²) in [6, 6.07) is 4.44. The van der Waals surface area contributed by atoms with E-state index >= 15 is 0 Å². The summed E-state index contributed by atoms with van der Waals surface area (Å²) < 4.78 is 22.4. The number of aliphatic hydroxyl groups excluding tert-OH is 1. The Morgan fingerprint density at radius 1 is 1.24 bits per heavy atom. The molecule has 4 heterocycles. The molecule has 6 nitrogen and oxygen atoms in total. The normalized spacial score (nSPS) is 37.5. The molecule has 1 aromatic carbocycles. The van der Waals surface area contributed by atoms with Crippen LogP contribution >= 0.6 is 0 Å². The molecule has 0 radical (unpaired) electrons. The van der Waals surface area contributed by atoms with Crippen molar-refractivity contribution in [1.82, 2.24) is 4.90 Å². The van der Waals surface area contributed by atoms with Gasteiger partial charge >= 0.3 is 0 Å². The lowest BCUT2D eigenvalue weighted by atomic mass is 9.73. The molecule has 132 valence electrons. The first kappa shape index (κ1) is 14.6. The summed E-state index contributed by atoms with van der Waals surface area (Å²) in [5, 5.41) is 11.1. The zero-order valence-electron chi connectivity index (χ0n) is 13.9. The minimum Gasteiger partial charge on any atom is -0.454 e. The molecule has 0 spiro atoms. The average Bonchev–Trinajstić information content (AvgIpc) is 3.19. The van der Waals surface area contributed by atoms with E-state index in [0.717, 1.165) is 37.6 Å². The minimum atomic E-state index is -0.562. The minimum absolute atomic E-state index is 0.0193. The predicted octanol–water partition coefficient (Wildman–Crippen LogP) is 1.17. The Morgan fingerprint density at radius 2 is 2.08 bits per heavy atom. The van der Waals surface area contributed by atoms with Crippen LogP contribution in [-0.2, 0) is 16.0 Å². The summed E-state index contributed by atoms with van der Waals surface area (Å²) in [6.07, 6.45) is 2.58. The molecule has 1 N–H and O–H groups in total. The van der Waals surface area contributed by atoms with E-state index in [0.29, 0.717) is 6.61 Å². The molecule has 0 amide bonds. The molecule has 1 aliphatic carbocycles. The smallest absolute Gasteiger partial charge is 0.231 e. The van der Waals surface area contributed by atoms with E-state index in [1.807, 2.05) is 0 Å². The van der Waals surface area contributed by atoms with E-state index in [-0.39, 0.29) is 31.0 Å². The molecule has 6 rings (SSSR count). The van der Waals surface area contributed by atoms with Gasteiger partial charge in [0.1, 0.15) is 12.2 Å². The van der Waals surface area contributed by atoms with E-state index in [1.54, 1.807) is 0 Å². The van der Waals surface area contributed by atoms with Gasteiger partial charge in [-0.15, -0.1) is 0 Å². The summed E-state index contributed by atoms with van der Waals surface area (Å²) in [5.41, 5.74) is 3.82. The van der Waals surface area contributed by atoms with Gasteiger partial charge in [0.25, 0.3) is 0 Å². The van der Waals surface area contributed by atoms with Crippen molar-refractivity contribution in [2.24, 2.45) is 0 Å². The Balaban J connectivity index is 1.40.